The number of carbonyl (C=O) groups excluding carboxylic acids is 2. The first-order valence-corrected chi connectivity index (χ1v) is 16.5. The van der Waals surface area contributed by atoms with Crippen LogP contribution in [-0.4, -0.2) is 43.5 Å². The lowest BCUT2D eigenvalue weighted by molar-refractivity contribution is -0.124. The Morgan fingerprint density at radius 1 is 1.14 bits per heavy atom. The number of carbonyl (C=O) groups is 2. The first kappa shape index (κ1) is 30.0. The number of para-hydroxylation sites is 1. The molecule has 4 aromatic rings. The standard InChI is InChI=1S/C32H33N5O5S2/c1-3-44(40,41)37-15-7-8-19(17-37)36-31(39)29-26-25-23(13-14-24(33)28(25)43-29)32(35,30(38)27(26)34)22-12-11-21(16-18(22)2)42-20-9-5-4-6-10-20/h3-6,9-14,16,19,27H,1,7-8,15,17,33-35H2,2H3,(H,36,39). The number of nitrogens with zero attached hydrogens (tertiary/aromatic N) is 1. The molecule has 0 saturated carbocycles. The van der Waals surface area contributed by atoms with Gasteiger partial charge in [-0.3, -0.25) is 9.59 Å². The lowest BCUT2D eigenvalue weighted by Crippen LogP contribution is -2.53. The average Bonchev–Trinajstić information content (AvgIpc) is 3.42. The highest BCUT2D eigenvalue weighted by molar-refractivity contribution is 7.92. The van der Waals surface area contributed by atoms with Crippen LogP contribution < -0.4 is 27.3 Å². The number of nitrogen functional groups attached to an aromatic ring is 1. The number of rotatable bonds is 7. The van der Waals surface area contributed by atoms with Crippen molar-refractivity contribution in [1.82, 2.24) is 9.62 Å². The number of Topliss-reactive ketones (excluding diaryl/α,β-unsaturated/α-hetero) is 1. The average molecular weight is 632 g/mol. The monoisotopic (exact) mass is 631 g/mol. The number of amides is 1. The van der Waals surface area contributed by atoms with Crippen LogP contribution in [0.2, 0.25) is 0 Å². The fraction of sp³-hybridized carbons (Fsp3) is 0.250. The lowest BCUT2D eigenvalue weighted by Gasteiger charge is -2.37. The van der Waals surface area contributed by atoms with Gasteiger partial charge in [-0.15, -0.1) is 11.3 Å². The molecule has 0 bridgehead atoms. The molecule has 3 unspecified atom stereocenters. The number of hydrogen-bond donors (Lipinski definition) is 4. The highest BCUT2D eigenvalue weighted by Gasteiger charge is 2.49. The molecule has 6 rings (SSSR count). The minimum atomic E-state index is -3.62. The number of nitrogens with one attached hydrogen (secondary N) is 1. The van der Waals surface area contributed by atoms with Crippen LogP contribution >= 0.6 is 11.3 Å². The first-order valence-electron chi connectivity index (χ1n) is 14.2. The molecule has 1 aliphatic heterocycles. The molecule has 3 aromatic carbocycles. The van der Waals surface area contributed by atoms with Crippen LogP contribution in [0.1, 0.15) is 50.8 Å². The van der Waals surface area contributed by atoms with Crippen molar-refractivity contribution in [2.24, 2.45) is 11.5 Å². The van der Waals surface area contributed by atoms with Crippen molar-refractivity contribution in [1.29, 1.82) is 0 Å². The van der Waals surface area contributed by atoms with Crippen LogP contribution in [-0.2, 0) is 20.4 Å². The molecule has 2 heterocycles. The van der Waals surface area contributed by atoms with Crippen molar-refractivity contribution in [3.63, 3.8) is 0 Å². The Hall–Kier alpha value is -4.07. The van der Waals surface area contributed by atoms with Gasteiger partial charge in [0.05, 0.1) is 15.6 Å². The molecule has 44 heavy (non-hydrogen) atoms. The maximum atomic E-state index is 14.2. The molecule has 1 amide bonds. The Kier molecular flexibility index (Phi) is 7.58. The van der Waals surface area contributed by atoms with Gasteiger partial charge < -0.3 is 27.3 Å². The summed E-state index contributed by atoms with van der Waals surface area (Å²) in [5, 5.41) is 4.47. The summed E-state index contributed by atoms with van der Waals surface area (Å²) < 4.78 is 32.6. The van der Waals surface area contributed by atoms with Gasteiger partial charge in [0.2, 0.25) is 10.0 Å². The Morgan fingerprint density at radius 3 is 2.57 bits per heavy atom. The van der Waals surface area contributed by atoms with Crippen molar-refractivity contribution in [2.45, 2.75) is 37.4 Å². The summed E-state index contributed by atoms with van der Waals surface area (Å²) in [6.45, 7) is 5.73. The van der Waals surface area contributed by atoms with Gasteiger partial charge in [-0.05, 0) is 66.8 Å². The Balaban J connectivity index is 1.39. The minimum Gasteiger partial charge on any atom is -0.457 e. The van der Waals surface area contributed by atoms with E-state index < -0.39 is 39.3 Å². The van der Waals surface area contributed by atoms with Crippen molar-refractivity contribution < 1.29 is 22.7 Å². The Bertz CT molecular complexity index is 1920. The van der Waals surface area contributed by atoms with Gasteiger partial charge in [0, 0.05) is 41.2 Å². The molecule has 0 spiro atoms. The third-order valence-electron chi connectivity index (χ3n) is 8.41. The van der Waals surface area contributed by atoms with Crippen LogP contribution in [0.4, 0.5) is 5.69 Å². The minimum absolute atomic E-state index is 0.119. The van der Waals surface area contributed by atoms with Gasteiger partial charge in [-0.2, -0.15) is 4.31 Å². The second-order valence-corrected chi connectivity index (χ2v) is 14.1. The first-order chi connectivity index (χ1) is 21.0. The van der Waals surface area contributed by atoms with E-state index in [1.165, 1.54) is 4.31 Å². The molecule has 10 nitrogen and oxygen atoms in total. The summed E-state index contributed by atoms with van der Waals surface area (Å²) in [4.78, 5) is 28.2. The van der Waals surface area contributed by atoms with Crippen molar-refractivity contribution in [2.75, 3.05) is 18.8 Å². The van der Waals surface area contributed by atoms with E-state index in [2.05, 4.69) is 11.9 Å². The van der Waals surface area contributed by atoms with Crippen LogP contribution in [0, 0.1) is 6.92 Å². The SMILES string of the molecule is C=CS(=O)(=O)N1CCCC(NC(=O)c2sc3c(N)ccc4c3c2C(N)C(=O)C4(N)c2ccc(Oc3ccccc3)cc2C)C1. The molecular weight excluding hydrogens is 599 g/mol. The lowest BCUT2D eigenvalue weighted by atomic mass is 9.69. The van der Waals surface area contributed by atoms with Crippen LogP contribution in [0.25, 0.3) is 10.1 Å². The number of anilines is 1. The highest BCUT2D eigenvalue weighted by Crippen LogP contribution is 2.50. The molecule has 1 fully saturated rings. The Morgan fingerprint density at radius 2 is 1.86 bits per heavy atom. The van der Waals surface area contributed by atoms with E-state index in [-0.39, 0.29) is 11.4 Å². The topological polar surface area (TPSA) is 171 Å². The molecule has 1 aliphatic carbocycles. The molecule has 7 N–H and O–H groups in total. The number of thiophene rings is 1. The number of ketones is 1. The van der Waals surface area contributed by atoms with Crippen LogP contribution in [0.15, 0.2) is 72.7 Å². The summed E-state index contributed by atoms with van der Waals surface area (Å²) in [5.74, 6) is 0.369. The van der Waals surface area contributed by atoms with E-state index in [4.69, 9.17) is 21.9 Å². The largest absolute Gasteiger partial charge is 0.457 e. The maximum absolute atomic E-state index is 14.2. The van der Waals surface area contributed by atoms with Gasteiger partial charge in [0.1, 0.15) is 17.0 Å². The van der Waals surface area contributed by atoms with Gasteiger partial charge >= 0.3 is 0 Å². The van der Waals surface area contributed by atoms with Gasteiger partial charge in [0.25, 0.3) is 5.91 Å². The fourth-order valence-electron chi connectivity index (χ4n) is 6.24. The van der Waals surface area contributed by atoms with Gasteiger partial charge in [0.15, 0.2) is 5.78 Å². The van der Waals surface area contributed by atoms with Crippen LogP contribution in [0.5, 0.6) is 11.5 Å². The molecule has 1 aromatic heterocycles. The molecule has 0 radical (unpaired) electrons. The second-order valence-electron chi connectivity index (χ2n) is 11.2. The molecule has 228 valence electrons. The zero-order valence-electron chi connectivity index (χ0n) is 24.1. The number of sulfonamides is 1. The van der Waals surface area contributed by atoms with E-state index in [1.807, 2.05) is 43.3 Å². The summed E-state index contributed by atoms with van der Waals surface area (Å²) >= 11 is 1.15. The van der Waals surface area contributed by atoms with E-state index in [0.29, 0.717) is 63.3 Å². The molecule has 1 saturated heterocycles. The number of benzene rings is 3. The third-order valence-corrected chi connectivity index (χ3v) is 11.1. The Labute approximate surface area is 259 Å². The second kappa shape index (κ2) is 11.1. The van der Waals surface area contributed by atoms with Crippen molar-refractivity contribution >= 4 is 48.8 Å². The fourth-order valence-corrected chi connectivity index (χ4v) is 8.43. The number of aryl methyl sites for hydroxylation is 1. The third kappa shape index (κ3) is 4.88. The summed E-state index contributed by atoms with van der Waals surface area (Å²) in [6, 6.07) is 16.5. The maximum Gasteiger partial charge on any atom is 0.262 e. The molecule has 2 aliphatic rings. The van der Waals surface area contributed by atoms with Crippen LogP contribution in [0.3, 0.4) is 0 Å². The zero-order valence-corrected chi connectivity index (χ0v) is 25.7. The number of nitrogens with two attached hydrogens (primary N) is 3. The molecule has 3 atom stereocenters. The quantitative estimate of drug-likeness (QED) is 0.222. The normalized spacial score (nSPS) is 22.1. The van der Waals surface area contributed by atoms with E-state index in [0.717, 1.165) is 22.3 Å². The zero-order chi connectivity index (χ0) is 31.4. The molecular formula is C32H33N5O5S2. The number of ether oxygens (including phenoxy) is 1. The van der Waals surface area contributed by atoms with E-state index >= 15 is 0 Å². The summed E-state index contributed by atoms with van der Waals surface area (Å²) in [5.41, 5.74) is 21.1. The number of piperidine rings is 1. The van der Waals surface area contributed by atoms with Gasteiger partial charge in [-0.1, -0.05) is 36.9 Å². The predicted molar refractivity (Wildman–Crippen MR) is 172 cm³/mol. The summed E-state index contributed by atoms with van der Waals surface area (Å²) in [6.07, 6.45) is 1.18. The van der Waals surface area contributed by atoms with E-state index in [9.17, 15) is 18.0 Å². The van der Waals surface area contributed by atoms with Crippen molar-refractivity contribution in [3.05, 3.63) is 99.8 Å². The summed E-state index contributed by atoms with van der Waals surface area (Å²) in [7, 11) is -3.62. The van der Waals surface area contributed by atoms with Gasteiger partial charge in [-0.25, -0.2) is 8.42 Å². The highest BCUT2D eigenvalue weighted by atomic mass is 32.2. The van der Waals surface area contributed by atoms with Crippen molar-refractivity contribution in [3.8, 4) is 11.5 Å². The molecule has 12 heteroatoms. The smallest absolute Gasteiger partial charge is 0.262 e. The predicted octanol–water partition coefficient (Wildman–Crippen LogP) is 4.04. The van der Waals surface area contributed by atoms with E-state index in [1.54, 1.807) is 24.3 Å². The number of hydrogen-bond acceptors (Lipinski definition) is 9.